The standard InChI is InChI=1S/C23H23ClN2O7S/c24-17-7-5-16(12-21(17)34(30,31)26-9-3-1-2-4-10-26)23(29)33-13-19(27)15-6-8-20-18(11-15)25-22(28)14-32-20/h5-8,11-12H,1-4,9-10,13-14H2,(H,25,28). The van der Waals surface area contributed by atoms with Crippen molar-refractivity contribution in [2.45, 2.75) is 30.6 Å². The van der Waals surface area contributed by atoms with Crippen molar-refractivity contribution in [1.82, 2.24) is 4.31 Å². The van der Waals surface area contributed by atoms with Crippen molar-refractivity contribution in [3.8, 4) is 5.75 Å². The number of nitrogens with zero attached hydrogens (tertiary/aromatic N) is 1. The van der Waals surface area contributed by atoms with E-state index in [4.69, 9.17) is 21.1 Å². The molecular weight excluding hydrogens is 484 g/mol. The fourth-order valence-corrected chi connectivity index (χ4v) is 5.82. The van der Waals surface area contributed by atoms with Crippen molar-refractivity contribution in [3.63, 3.8) is 0 Å². The van der Waals surface area contributed by atoms with E-state index in [-0.39, 0.29) is 33.6 Å². The Balaban J connectivity index is 1.46. The van der Waals surface area contributed by atoms with E-state index < -0.39 is 28.4 Å². The predicted molar refractivity (Wildman–Crippen MR) is 124 cm³/mol. The van der Waals surface area contributed by atoms with Gasteiger partial charge in [-0.05, 0) is 49.2 Å². The summed E-state index contributed by atoms with van der Waals surface area (Å²) in [4.78, 5) is 36.4. The van der Waals surface area contributed by atoms with Crippen LogP contribution < -0.4 is 10.1 Å². The Kier molecular flexibility index (Phi) is 7.20. The number of benzene rings is 2. The maximum absolute atomic E-state index is 13.1. The molecule has 34 heavy (non-hydrogen) atoms. The lowest BCUT2D eigenvalue weighted by Gasteiger charge is -2.21. The molecule has 0 unspecified atom stereocenters. The molecule has 0 spiro atoms. The van der Waals surface area contributed by atoms with Gasteiger partial charge in [-0.1, -0.05) is 24.4 Å². The van der Waals surface area contributed by atoms with Gasteiger partial charge in [0.05, 0.1) is 16.3 Å². The molecule has 1 fully saturated rings. The number of carbonyl (C=O) groups is 3. The second-order valence-electron chi connectivity index (χ2n) is 8.01. The maximum atomic E-state index is 13.1. The fourth-order valence-electron chi connectivity index (χ4n) is 3.80. The van der Waals surface area contributed by atoms with Gasteiger partial charge in [0, 0.05) is 18.7 Å². The molecule has 0 saturated carbocycles. The number of rotatable bonds is 6. The SMILES string of the molecule is O=C1COc2ccc(C(=O)COC(=O)c3ccc(Cl)c(S(=O)(=O)N4CCCCCC4)c3)cc2N1. The molecule has 2 aliphatic heterocycles. The Hall–Kier alpha value is -2.95. The Morgan fingerprint density at radius 1 is 1.03 bits per heavy atom. The average Bonchev–Trinajstić information content (AvgIpc) is 3.12. The monoisotopic (exact) mass is 506 g/mol. The summed E-state index contributed by atoms with van der Waals surface area (Å²) in [6.45, 7) is 0.125. The highest BCUT2D eigenvalue weighted by atomic mass is 35.5. The zero-order valence-electron chi connectivity index (χ0n) is 18.2. The molecule has 0 radical (unpaired) electrons. The van der Waals surface area contributed by atoms with Crippen molar-refractivity contribution in [1.29, 1.82) is 0 Å². The van der Waals surface area contributed by atoms with Gasteiger partial charge < -0.3 is 14.8 Å². The zero-order chi connectivity index (χ0) is 24.3. The van der Waals surface area contributed by atoms with Crippen molar-refractivity contribution in [2.24, 2.45) is 0 Å². The fraction of sp³-hybridized carbons (Fsp3) is 0.348. The van der Waals surface area contributed by atoms with Gasteiger partial charge in [0.15, 0.2) is 19.0 Å². The van der Waals surface area contributed by atoms with Crippen LogP contribution in [0.5, 0.6) is 5.75 Å². The van der Waals surface area contributed by atoms with Crippen LogP contribution >= 0.6 is 11.6 Å². The van der Waals surface area contributed by atoms with E-state index in [1.54, 1.807) is 6.07 Å². The third-order valence-electron chi connectivity index (χ3n) is 5.62. The van der Waals surface area contributed by atoms with Gasteiger partial charge in [0.2, 0.25) is 10.0 Å². The molecule has 1 N–H and O–H groups in total. The quantitative estimate of drug-likeness (QED) is 0.471. The first kappa shape index (κ1) is 24.2. The number of hydrogen-bond donors (Lipinski definition) is 1. The normalized spacial score (nSPS) is 16.6. The number of anilines is 1. The first-order valence-corrected chi connectivity index (χ1v) is 12.6. The van der Waals surface area contributed by atoms with Crippen LogP contribution in [-0.4, -0.2) is 56.7 Å². The van der Waals surface area contributed by atoms with Gasteiger partial charge in [-0.25, -0.2) is 13.2 Å². The first-order valence-electron chi connectivity index (χ1n) is 10.8. The summed E-state index contributed by atoms with van der Waals surface area (Å²) < 4.78 is 38.0. The summed E-state index contributed by atoms with van der Waals surface area (Å²) >= 11 is 6.17. The number of esters is 1. The Morgan fingerprint density at radius 3 is 2.47 bits per heavy atom. The topological polar surface area (TPSA) is 119 Å². The number of sulfonamides is 1. The van der Waals surface area contributed by atoms with E-state index in [0.29, 0.717) is 24.5 Å². The highest BCUT2D eigenvalue weighted by molar-refractivity contribution is 7.89. The molecule has 180 valence electrons. The van der Waals surface area contributed by atoms with Gasteiger partial charge >= 0.3 is 5.97 Å². The average molecular weight is 507 g/mol. The molecule has 2 aromatic rings. The van der Waals surface area contributed by atoms with Crippen LogP contribution in [0.2, 0.25) is 5.02 Å². The highest BCUT2D eigenvalue weighted by Crippen LogP contribution is 2.29. The summed E-state index contributed by atoms with van der Waals surface area (Å²) in [5, 5.41) is 2.61. The van der Waals surface area contributed by atoms with Gasteiger partial charge in [-0.2, -0.15) is 4.31 Å². The molecule has 1 amide bonds. The minimum atomic E-state index is -3.88. The first-order chi connectivity index (χ1) is 16.3. The Bertz CT molecular complexity index is 1240. The molecule has 0 aliphatic carbocycles. The number of fused-ring (bicyclic) bond motifs is 1. The molecule has 1 saturated heterocycles. The van der Waals surface area contributed by atoms with E-state index >= 15 is 0 Å². The molecule has 2 aliphatic rings. The lowest BCUT2D eigenvalue weighted by molar-refractivity contribution is -0.118. The summed E-state index contributed by atoms with van der Waals surface area (Å²) in [7, 11) is -3.88. The maximum Gasteiger partial charge on any atom is 0.338 e. The molecule has 4 rings (SSSR count). The van der Waals surface area contributed by atoms with E-state index in [1.807, 2.05) is 0 Å². The predicted octanol–water partition coefficient (Wildman–Crippen LogP) is 3.28. The van der Waals surface area contributed by atoms with Gasteiger partial charge in [0.25, 0.3) is 5.91 Å². The number of ketones is 1. The number of Topliss-reactive ketones (excluding diaryl/α,β-unsaturated/α-hetero) is 1. The summed E-state index contributed by atoms with van der Waals surface area (Å²) in [5.74, 6) is -1.25. The number of ether oxygens (including phenoxy) is 2. The van der Waals surface area contributed by atoms with Crippen molar-refractivity contribution >= 4 is 45.0 Å². The van der Waals surface area contributed by atoms with E-state index in [2.05, 4.69) is 5.32 Å². The van der Waals surface area contributed by atoms with Crippen LogP contribution in [0, 0.1) is 0 Å². The summed E-state index contributed by atoms with van der Waals surface area (Å²) in [5.41, 5.74) is 0.545. The van der Waals surface area contributed by atoms with Crippen LogP contribution in [0.1, 0.15) is 46.4 Å². The Labute approximate surface area is 202 Å². The number of halogens is 1. The van der Waals surface area contributed by atoms with Gasteiger partial charge in [0.1, 0.15) is 10.6 Å². The minimum Gasteiger partial charge on any atom is -0.482 e. The van der Waals surface area contributed by atoms with Crippen LogP contribution in [0.15, 0.2) is 41.3 Å². The second kappa shape index (κ2) is 10.1. The molecular formula is C23H23ClN2O7S. The molecule has 0 aromatic heterocycles. The van der Waals surface area contributed by atoms with Crippen molar-refractivity contribution in [3.05, 3.63) is 52.5 Å². The van der Waals surface area contributed by atoms with Crippen molar-refractivity contribution in [2.75, 3.05) is 31.6 Å². The molecule has 2 aromatic carbocycles. The van der Waals surface area contributed by atoms with Crippen molar-refractivity contribution < 1.29 is 32.3 Å². The van der Waals surface area contributed by atoms with Crippen LogP contribution in [0.3, 0.4) is 0 Å². The minimum absolute atomic E-state index is 0.00944. The molecule has 2 heterocycles. The smallest absolute Gasteiger partial charge is 0.338 e. The van der Waals surface area contributed by atoms with Crippen LogP contribution in [0.4, 0.5) is 5.69 Å². The molecule has 0 atom stereocenters. The number of carbonyl (C=O) groups excluding carboxylic acids is 3. The number of amides is 1. The van der Waals surface area contributed by atoms with Gasteiger partial charge in [-0.15, -0.1) is 0 Å². The molecule has 11 heteroatoms. The number of hydrogen-bond acceptors (Lipinski definition) is 7. The molecule has 0 bridgehead atoms. The molecule has 9 nitrogen and oxygen atoms in total. The third-order valence-corrected chi connectivity index (χ3v) is 8.00. The van der Waals surface area contributed by atoms with Crippen LogP contribution in [0.25, 0.3) is 0 Å². The summed E-state index contributed by atoms with van der Waals surface area (Å²) in [6.07, 6.45) is 3.45. The third kappa shape index (κ3) is 5.24. The second-order valence-corrected chi connectivity index (χ2v) is 10.3. The lowest BCUT2D eigenvalue weighted by atomic mass is 10.1. The van der Waals surface area contributed by atoms with E-state index in [1.165, 1.54) is 34.6 Å². The van der Waals surface area contributed by atoms with E-state index in [9.17, 15) is 22.8 Å². The number of nitrogens with one attached hydrogen (secondary N) is 1. The Morgan fingerprint density at radius 2 is 1.74 bits per heavy atom. The summed E-state index contributed by atoms with van der Waals surface area (Å²) in [6, 6.07) is 8.35. The highest BCUT2D eigenvalue weighted by Gasteiger charge is 2.28. The van der Waals surface area contributed by atoms with Crippen LogP contribution in [-0.2, 0) is 19.6 Å². The zero-order valence-corrected chi connectivity index (χ0v) is 19.8. The lowest BCUT2D eigenvalue weighted by Crippen LogP contribution is -2.32. The van der Waals surface area contributed by atoms with E-state index in [0.717, 1.165) is 25.7 Å². The van der Waals surface area contributed by atoms with Gasteiger partial charge in [-0.3, -0.25) is 9.59 Å². The largest absolute Gasteiger partial charge is 0.482 e.